The third-order valence-electron chi connectivity index (χ3n) is 2.69. The first-order valence-electron chi connectivity index (χ1n) is 6.07. The summed E-state index contributed by atoms with van der Waals surface area (Å²) in [5, 5.41) is 6.74. The SMILES string of the molecule is CNc1ncc(Br)cc1C(=O)NC(C)c1ncc(C)s1. The van der Waals surface area contributed by atoms with E-state index in [2.05, 4.69) is 36.5 Å². The highest BCUT2D eigenvalue weighted by atomic mass is 79.9. The normalized spacial score (nSPS) is 12.0. The van der Waals surface area contributed by atoms with Gasteiger partial charge in [0.05, 0.1) is 11.6 Å². The molecule has 2 rings (SSSR count). The maximum atomic E-state index is 12.3. The highest BCUT2D eigenvalue weighted by Crippen LogP contribution is 2.21. The molecule has 106 valence electrons. The summed E-state index contributed by atoms with van der Waals surface area (Å²) in [6, 6.07) is 1.61. The Labute approximate surface area is 130 Å². The first kappa shape index (κ1) is 14.9. The molecule has 0 aromatic carbocycles. The second kappa shape index (κ2) is 6.32. The lowest BCUT2D eigenvalue weighted by Crippen LogP contribution is -2.27. The summed E-state index contributed by atoms with van der Waals surface area (Å²) in [6.07, 6.45) is 3.46. The molecule has 0 fully saturated rings. The summed E-state index contributed by atoms with van der Waals surface area (Å²) in [6.45, 7) is 3.91. The van der Waals surface area contributed by atoms with Gasteiger partial charge in [-0.2, -0.15) is 0 Å². The average Bonchev–Trinajstić information content (AvgIpc) is 2.85. The van der Waals surface area contributed by atoms with E-state index in [9.17, 15) is 4.79 Å². The van der Waals surface area contributed by atoms with Crippen molar-refractivity contribution in [2.24, 2.45) is 0 Å². The predicted molar refractivity (Wildman–Crippen MR) is 84.2 cm³/mol. The quantitative estimate of drug-likeness (QED) is 0.884. The van der Waals surface area contributed by atoms with Gasteiger partial charge in [-0.25, -0.2) is 9.97 Å². The average molecular weight is 355 g/mol. The molecule has 5 nitrogen and oxygen atoms in total. The van der Waals surface area contributed by atoms with Gasteiger partial charge in [0.2, 0.25) is 0 Å². The molecule has 2 heterocycles. The van der Waals surface area contributed by atoms with Gasteiger partial charge >= 0.3 is 0 Å². The Bertz CT molecular complexity index is 629. The van der Waals surface area contributed by atoms with Crippen molar-refractivity contribution < 1.29 is 4.79 Å². The molecule has 0 bridgehead atoms. The van der Waals surface area contributed by atoms with Gasteiger partial charge in [0.1, 0.15) is 10.8 Å². The van der Waals surface area contributed by atoms with Crippen molar-refractivity contribution in [1.29, 1.82) is 0 Å². The standard InChI is InChI=1S/C13H15BrN4OS/c1-7-5-17-13(20-7)8(2)18-12(19)10-4-9(14)6-16-11(10)15-3/h4-6,8H,1-3H3,(H,15,16)(H,18,19). The maximum Gasteiger partial charge on any atom is 0.255 e. The van der Waals surface area contributed by atoms with Crippen LogP contribution in [0, 0.1) is 6.92 Å². The molecule has 0 saturated heterocycles. The summed E-state index contributed by atoms with van der Waals surface area (Å²) in [5.41, 5.74) is 0.502. The Morgan fingerprint density at radius 3 is 2.75 bits per heavy atom. The van der Waals surface area contributed by atoms with Gasteiger partial charge in [-0.1, -0.05) is 0 Å². The number of anilines is 1. The second-order valence-electron chi connectivity index (χ2n) is 4.30. The number of hydrogen-bond donors (Lipinski definition) is 2. The smallest absolute Gasteiger partial charge is 0.255 e. The van der Waals surface area contributed by atoms with Crippen molar-refractivity contribution >= 4 is 39.0 Å². The molecular weight excluding hydrogens is 340 g/mol. The summed E-state index contributed by atoms with van der Waals surface area (Å²) >= 11 is 4.91. The number of amides is 1. The summed E-state index contributed by atoms with van der Waals surface area (Å²) < 4.78 is 0.763. The Morgan fingerprint density at radius 2 is 2.15 bits per heavy atom. The molecule has 0 saturated carbocycles. The number of nitrogens with one attached hydrogen (secondary N) is 2. The number of nitrogens with zero attached hydrogens (tertiary/aromatic N) is 2. The lowest BCUT2D eigenvalue weighted by atomic mass is 10.2. The number of hydrogen-bond acceptors (Lipinski definition) is 5. The first-order valence-corrected chi connectivity index (χ1v) is 7.68. The summed E-state index contributed by atoms with van der Waals surface area (Å²) in [4.78, 5) is 21.9. The molecule has 1 atom stereocenters. The number of aryl methyl sites for hydroxylation is 1. The van der Waals surface area contributed by atoms with Gasteiger partial charge in [0.25, 0.3) is 5.91 Å². The van der Waals surface area contributed by atoms with Crippen molar-refractivity contribution in [3.63, 3.8) is 0 Å². The van der Waals surface area contributed by atoms with Gasteiger partial charge in [-0.05, 0) is 35.8 Å². The van der Waals surface area contributed by atoms with Gasteiger partial charge < -0.3 is 10.6 Å². The van der Waals surface area contributed by atoms with Crippen molar-refractivity contribution in [1.82, 2.24) is 15.3 Å². The van der Waals surface area contributed by atoms with E-state index in [1.165, 1.54) is 0 Å². The monoisotopic (exact) mass is 354 g/mol. The van der Waals surface area contributed by atoms with Crippen LogP contribution in [0.15, 0.2) is 22.9 Å². The molecular formula is C13H15BrN4OS. The first-order chi connectivity index (χ1) is 9.51. The molecule has 0 spiro atoms. The van der Waals surface area contributed by atoms with Crippen LogP contribution in [0.4, 0.5) is 5.82 Å². The topological polar surface area (TPSA) is 66.9 Å². The van der Waals surface area contributed by atoms with Gasteiger partial charge in [0, 0.05) is 28.8 Å². The van der Waals surface area contributed by atoms with E-state index in [1.807, 2.05) is 20.0 Å². The van der Waals surface area contributed by atoms with Crippen molar-refractivity contribution in [2.45, 2.75) is 19.9 Å². The fourth-order valence-corrected chi connectivity index (χ4v) is 2.83. The summed E-state index contributed by atoms with van der Waals surface area (Å²) in [7, 11) is 1.74. The van der Waals surface area contributed by atoms with E-state index in [-0.39, 0.29) is 11.9 Å². The minimum Gasteiger partial charge on any atom is -0.372 e. The third-order valence-corrected chi connectivity index (χ3v) is 4.22. The second-order valence-corrected chi connectivity index (χ2v) is 6.49. The lowest BCUT2D eigenvalue weighted by molar-refractivity contribution is 0.0940. The van der Waals surface area contributed by atoms with Crippen LogP contribution in [0.2, 0.25) is 0 Å². The molecule has 2 aromatic heterocycles. The molecule has 0 aliphatic carbocycles. The molecule has 1 unspecified atom stereocenters. The maximum absolute atomic E-state index is 12.3. The lowest BCUT2D eigenvalue weighted by Gasteiger charge is -2.13. The molecule has 1 amide bonds. The van der Waals surface area contributed by atoms with E-state index in [0.29, 0.717) is 11.4 Å². The van der Waals surface area contributed by atoms with E-state index in [0.717, 1.165) is 14.4 Å². The van der Waals surface area contributed by atoms with E-state index in [1.54, 1.807) is 30.6 Å². The van der Waals surface area contributed by atoms with Crippen LogP contribution in [0.1, 0.15) is 33.2 Å². The molecule has 7 heteroatoms. The highest BCUT2D eigenvalue weighted by molar-refractivity contribution is 9.10. The van der Waals surface area contributed by atoms with Crippen LogP contribution < -0.4 is 10.6 Å². The molecule has 20 heavy (non-hydrogen) atoms. The molecule has 2 aromatic rings. The number of carbonyl (C=O) groups excluding carboxylic acids is 1. The Balaban J connectivity index is 2.18. The zero-order valence-corrected chi connectivity index (χ0v) is 13.8. The van der Waals surface area contributed by atoms with E-state index >= 15 is 0 Å². The van der Waals surface area contributed by atoms with Gasteiger partial charge in [-0.3, -0.25) is 4.79 Å². The van der Waals surface area contributed by atoms with E-state index in [4.69, 9.17) is 0 Å². The Kier molecular flexibility index (Phi) is 4.72. The number of carbonyl (C=O) groups is 1. The van der Waals surface area contributed by atoms with Crippen LogP contribution in [0.5, 0.6) is 0 Å². The minimum atomic E-state index is -0.177. The minimum absolute atomic E-state index is 0.134. The zero-order chi connectivity index (χ0) is 14.7. The molecule has 0 aliphatic heterocycles. The fourth-order valence-electron chi connectivity index (χ4n) is 1.72. The third kappa shape index (κ3) is 3.34. The van der Waals surface area contributed by atoms with Crippen LogP contribution in [-0.2, 0) is 0 Å². The van der Waals surface area contributed by atoms with Gasteiger partial charge in [0.15, 0.2) is 0 Å². The molecule has 0 radical (unpaired) electrons. The fraction of sp³-hybridized carbons (Fsp3) is 0.308. The zero-order valence-electron chi connectivity index (χ0n) is 11.4. The Hall–Kier alpha value is -1.47. The number of thiazole rings is 1. The molecule has 2 N–H and O–H groups in total. The van der Waals surface area contributed by atoms with Crippen LogP contribution in [0.3, 0.4) is 0 Å². The summed E-state index contributed by atoms with van der Waals surface area (Å²) in [5.74, 6) is 0.372. The van der Waals surface area contributed by atoms with Crippen molar-refractivity contribution in [3.05, 3.63) is 38.4 Å². The number of aromatic nitrogens is 2. The van der Waals surface area contributed by atoms with Gasteiger partial charge in [-0.15, -0.1) is 11.3 Å². The number of pyridine rings is 1. The van der Waals surface area contributed by atoms with Crippen molar-refractivity contribution in [3.8, 4) is 0 Å². The van der Waals surface area contributed by atoms with E-state index < -0.39 is 0 Å². The Morgan fingerprint density at radius 1 is 1.40 bits per heavy atom. The molecule has 0 aliphatic rings. The highest BCUT2D eigenvalue weighted by Gasteiger charge is 2.17. The number of rotatable bonds is 4. The predicted octanol–water partition coefficient (Wildman–Crippen LogP) is 3.14. The van der Waals surface area contributed by atoms with Crippen molar-refractivity contribution in [2.75, 3.05) is 12.4 Å². The largest absolute Gasteiger partial charge is 0.372 e. The van der Waals surface area contributed by atoms with Crippen LogP contribution in [0.25, 0.3) is 0 Å². The van der Waals surface area contributed by atoms with Crippen LogP contribution in [-0.4, -0.2) is 22.9 Å². The number of halogens is 1. The van der Waals surface area contributed by atoms with Crippen LogP contribution >= 0.6 is 27.3 Å².